The zero-order valence-electron chi connectivity index (χ0n) is 10.9. The second kappa shape index (κ2) is 6.22. The van der Waals surface area contributed by atoms with Gasteiger partial charge in [-0.15, -0.1) is 0 Å². The maximum absolute atomic E-state index is 11.7. The summed E-state index contributed by atoms with van der Waals surface area (Å²) >= 11 is 0. The van der Waals surface area contributed by atoms with Crippen molar-refractivity contribution >= 4 is 11.8 Å². The summed E-state index contributed by atoms with van der Waals surface area (Å²) < 4.78 is 5.04. The summed E-state index contributed by atoms with van der Waals surface area (Å²) in [4.78, 5) is 23.0. The van der Waals surface area contributed by atoms with Crippen LogP contribution in [0.25, 0.3) is 0 Å². The van der Waals surface area contributed by atoms with Crippen LogP contribution in [0.1, 0.15) is 18.4 Å². The topological polar surface area (TPSA) is 67.4 Å². The molecule has 102 valence electrons. The van der Waals surface area contributed by atoms with Gasteiger partial charge < -0.3 is 15.4 Å². The van der Waals surface area contributed by atoms with Crippen molar-refractivity contribution in [2.24, 2.45) is 0 Å². The van der Waals surface area contributed by atoms with E-state index in [1.54, 1.807) is 7.11 Å². The van der Waals surface area contributed by atoms with Crippen LogP contribution >= 0.6 is 0 Å². The lowest BCUT2D eigenvalue weighted by molar-refractivity contribution is -0.125. The number of hydrogen-bond donors (Lipinski definition) is 2. The number of hydrogen-bond acceptors (Lipinski definition) is 3. The van der Waals surface area contributed by atoms with Crippen LogP contribution < -0.4 is 15.4 Å². The van der Waals surface area contributed by atoms with E-state index in [2.05, 4.69) is 10.6 Å². The van der Waals surface area contributed by atoms with Crippen LogP contribution in [-0.2, 0) is 16.0 Å². The van der Waals surface area contributed by atoms with Crippen LogP contribution in [0.15, 0.2) is 24.3 Å². The van der Waals surface area contributed by atoms with Crippen molar-refractivity contribution in [1.29, 1.82) is 0 Å². The Kier molecular flexibility index (Phi) is 4.39. The van der Waals surface area contributed by atoms with E-state index >= 15 is 0 Å². The van der Waals surface area contributed by atoms with Crippen molar-refractivity contribution in [3.05, 3.63) is 29.8 Å². The van der Waals surface area contributed by atoms with E-state index in [0.717, 1.165) is 24.2 Å². The van der Waals surface area contributed by atoms with E-state index in [0.29, 0.717) is 6.04 Å². The zero-order chi connectivity index (χ0) is 13.7. The van der Waals surface area contributed by atoms with E-state index in [1.807, 2.05) is 24.3 Å². The maximum atomic E-state index is 11.7. The monoisotopic (exact) mass is 262 g/mol. The molecular weight excluding hydrogens is 244 g/mol. The number of ether oxygens (including phenoxy) is 1. The fourth-order valence-electron chi connectivity index (χ4n) is 1.68. The molecule has 0 saturated heterocycles. The summed E-state index contributed by atoms with van der Waals surface area (Å²) in [7, 11) is 1.60. The van der Waals surface area contributed by atoms with Gasteiger partial charge in [0.2, 0.25) is 11.8 Å². The normalized spacial score (nSPS) is 13.7. The Morgan fingerprint density at radius 3 is 2.47 bits per heavy atom. The van der Waals surface area contributed by atoms with Gasteiger partial charge in [0.1, 0.15) is 5.75 Å². The Balaban J connectivity index is 1.71. The third-order valence-electron chi connectivity index (χ3n) is 2.91. The smallest absolute Gasteiger partial charge is 0.239 e. The highest BCUT2D eigenvalue weighted by molar-refractivity contribution is 5.85. The van der Waals surface area contributed by atoms with Crippen molar-refractivity contribution in [3.8, 4) is 5.75 Å². The second-order valence-electron chi connectivity index (χ2n) is 4.64. The van der Waals surface area contributed by atoms with Gasteiger partial charge in [-0.1, -0.05) is 12.1 Å². The van der Waals surface area contributed by atoms with Gasteiger partial charge in [0, 0.05) is 6.04 Å². The van der Waals surface area contributed by atoms with Gasteiger partial charge in [0.05, 0.1) is 20.1 Å². The molecule has 2 N–H and O–H groups in total. The summed E-state index contributed by atoms with van der Waals surface area (Å²) in [5.74, 6) is 0.481. The summed E-state index contributed by atoms with van der Waals surface area (Å²) in [5, 5.41) is 5.43. The summed E-state index contributed by atoms with van der Waals surface area (Å²) in [6.45, 7) is 0.0471. The Labute approximate surface area is 112 Å². The highest BCUT2D eigenvalue weighted by Gasteiger charge is 2.23. The van der Waals surface area contributed by atoms with Gasteiger partial charge >= 0.3 is 0 Å². The fourth-order valence-corrected chi connectivity index (χ4v) is 1.68. The molecule has 19 heavy (non-hydrogen) atoms. The highest BCUT2D eigenvalue weighted by atomic mass is 16.5. The van der Waals surface area contributed by atoms with Gasteiger partial charge in [-0.25, -0.2) is 0 Å². The Bertz CT molecular complexity index is 452. The average molecular weight is 262 g/mol. The lowest BCUT2D eigenvalue weighted by atomic mass is 10.1. The van der Waals surface area contributed by atoms with Crippen LogP contribution in [0, 0.1) is 0 Å². The molecule has 0 spiro atoms. The fraction of sp³-hybridized carbons (Fsp3) is 0.429. The van der Waals surface area contributed by atoms with Crippen LogP contribution in [0.2, 0.25) is 0 Å². The van der Waals surface area contributed by atoms with E-state index in [-0.39, 0.29) is 24.8 Å². The van der Waals surface area contributed by atoms with Crippen LogP contribution in [-0.4, -0.2) is 31.5 Å². The first-order chi connectivity index (χ1) is 9.17. The maximum Gasteiger partial charge on any atom is 0.239 e. The van der Waals surface area contributed by atoms with Crippen molar-refractivity contribution in [2.45, 2.75) is 25.3 Å². The molecule has 1 aromatic carbocycles. The zero-order valence-corrected chi connectivity index (χ0v) is 10.9. The molecule has 0 aliphatic heterocycles. The molecule has 5 heteroatoms. The number of amides is 2. The molecule has 5 nitrogen and oxygen atoms in total. The van der Waals surface area contributed by atoms with Crippen molar-refractivity contribution in [2.75, 3.05) is 13.7 Å². The molecule has 0 atom stereocenters. The highest BCUT2D eigenvalue weighted by Crippen LogP contribution is 2.18. The Hall–Kier alpha value is -2.04. The van der Waals surface area contributed by atoms with Gasteiger partial charge in [-0.05, 0) is 30.5 Å². The number of methoxy groups -OCH3 is 1. The molecular formula is C14H18N2O3. The number of carbonyl (C=O) groups is 2. The number of rotatable bonds is 6. The van der Waals surface area contributed by atoms with Gasteiger partial charge in [0.25, 0.3) is 0 Å². The molecule has 2 amide bonds. The van der Waals surface area contributed by atoms with E-state index < -0.39 is 0 Å². The minimum absolute atomic E-state index is 0.0471. The quantitative estimate of drug-likeness (QED) is 0.790. The number of carbonyl (C=O) groups excluding carboxylic acids is 2. The van der Waals surface area contributed by atoms with Gasteiger partial charge in [0.15, 0.2) is 0 Å². The molecule has 1 aromatic rings. The largest absolute Gasteiger partial charge is 0.497 e. The predicted molar refractivity (Wildman–Crippen MR) is 70.9 cm³/mol. The standard InChI is InChI=1S/C14H18N2O3/c1-19-12-6-2-10(3-7-12)8-13(17)15-9-14(18)16-11-4-5-11/h2-3,6-7,11H,4-5,8-9H2,1H3,(H,15,17)(H,16,18). The van der Waals surface area contributed by atoms with Crippen molar-refractivity contribution in [1.82, 2.24) is 10.6 Å². The molecule has 1 saturated carbocycles. The van der Waals surface area contributed by atoms with Crippen molar-refractivity contribution in [3.63, 3.8) is 0 Å². The SMILES string of the molecule is COc1ccc(CC(=O)NCC(=O)NC2CC2)cc1. The first kappa shape index (κ1) is 13.4. The molecule has 0 radical (unpaired) electrons. The molecule has 0 unspecified atom stereocenters. The first-order valence-corrected chi connectivity index (χ1v) is 6.36. The van der Waals surface area contributed by atoms with Crippen LogP contribution in [0.3, 0.4) is 0 Å². The minimum Gasteiger partial charge on any atom is -0.497 e. The van der Waals surface area contributed by atoms with Crippen LogP contribution in [0.4, 0.5) is 0 Å². The minimum atomic E-state index is -0.156. The first-order valence-electron chi connectivity index (χ1n) is 6.36. The molecule has 1 fully saturated rings. The summed E-state index contributed by atoms with van der Waals surface area (Å²) in [6.07, 6.45) is 2.36. The van der Waals surface area contributed by atoms with E-state index in [4.69, 9.17) is 4.74 Å². The Morgan fingerprint density at radius 1 is 1.21 bits per heavy atom. The molecule has 0 bridgehead atoms. The Morgan fingerprint density at radius 2 is 1.89 bits per heavy atom. The average Bonchev–Trinajstić information content (AvgIpc) is 3.21. The predicted octanol–water partition coefficient (Wildman–Crippen LogP) is 0.632. The number of nitrogens with one attached hydrogen (secondary N) is 2. The molecule has 0 heterocycles. The third kappa shape index (κ3) is 4.62. The third-order valence-corrected chi connectivity index (χ3v) is 2.91. The molecule has 1 aliphatic rings. The lowest BCUT2D eigenvalue weighted by Gasteiger charge is -2.06. The van der Waals surface area contributed by atoms with Gasteiger partial charge in [-0.3, -0.25) is 9.59 Å². The van der Waals surface area contributed by atoms with E-state index in [1.165, 1.54) is 0 Å². The molecule has 1 aliphatic carbocycles. The van der Waals surface area contributed by atoms with Crippen LogP contribution in [0.5, 0.6) is 5.75 Å². The summed E-state index contributed by atoms with van der Waals surface area (Å²) in [5.41, 5.74) is 0.890. The van der Waals surface area contributed by atoms with Crippen molar-refractivity contribution < 1.29 is 14.3 Å². The van der Waals surface area contributed by atoms with Gasteiger partial charge in [-0.2, -0.15) is 0 Å². The molecule has 0 aromatic heterocycles. The lowest BCUT2D eigenvalue weighted by Crippen LogP contribution is -2.38. The second-order valence-corrected chi connectivity index (χ2v) is 4.64. The number of benzene rings is 1. The summed E-state index contributed by atoms with van der Waals surface area (Å²) in [6, 6.07) is 7.61. The molecule has 2 rings (SSSR count). The van der Waals surface area contributed by atoms with E-state index in [9.17, 15) is 9.59 Å².